The van der Waals surface area contributed by atoms with Crippen molar-refractivity contribution in [2.45, 2.75) is 17.2 Å². The van der Waals surface area contributed by atoms with Gasteiger partial charge in [0, 0.05) is 30.8 Å². The zero-order chi connectivity index (χ0) is 15.2. The van der Waals surface area contributed by atoms with E-state index in [2.05, 4.69) is 5.10 Å². The van der Waals surface area contributed by atoms with Crippen LogP contribution < -0.4 is 4.74 Å². The number of carbonyl (C=O) groups excluding carboxylic acids is 1. The van der Waals surface area contributed by atoms with E-state index in [1.165, 1.54) is 6.07 Å². The number of ether oxygens (including phenoxy) is 1. The van der Waals surface area contributed by atoms with Crippen LogP contribution in [0.15, 0.2) is 12.1 Å². The lowest BCUT2D eigenvalue weighted by Crippen LogP contribution is -2.05. The molecule has 1 aliphatic carbocycles. The maximum atomic E-state index is 14.1. The van der Waals surface area contributed by atoms with E-state index in [4.69, 9.17) is 27.9 Å². The molecule has 1 heterocycles. The van der Waals surface area contributed by atoms with Gasteiger partial charge in [-0.3, -0.25) is 4.68 Å². The normalized spacial score (nSPS) is 19.7. The Kier molecular flexibility index (Phi) is 3.58. The van der Waals surface area contributed by atoms with Gasteiger partial charge in [0.15, 0.2) is 11.6 Å². The second-order valence-electron chi connectivity index (χ2n) is 5.21. The van der Waals surface area contributed by atoms with E-state index in [0.29, 0.717) is 23.0 Å². The number of fused-ring (bicyclic) bond motifs is 1. The number of carbonyl (C=O) groups is 1. The molecule has 0 spiro atoms. The Labute approximate surface area is 130 Å². The number of aldehydes is 1. The first-order valence-electron chi connectivity index (χ1n) is 6.52. The first-order valence-corrected chi connectivity index (χ1v) is 7.27. The lowest BCUT2D eigenvalue weighted by atomic mass is 10.1. The first-order chi connectivity index (χ1) is 9.92. The van der Waals surface area contributed by atoms with Crippen molar-refractivity contribution in [1.82, 2.24) is 9.78 Å². The average molecular weight is 331 g/mol. The molecule has 7 heteroatoms. The summed E-state index contributed by atoms with van der Waals surface area (Å²) in [5.74, 6) is -0.328. The van der Waals surface area contributed by atoms with Gasteiger partial charge in [-0.2, -0.15) is 5.10 Å². The summed E-state index contributed by atoms with van der Waals surface area (Å²) in [6.45, 7) is 0.272. The Hall–Kier alpha value is -1.33. The fourth-order valence-electron chi connectivity index (χ4n) is 2.31. The van der Waals surface area contributed by atoms with Crippen LogP contribution in [0.4, 0.5) is 4.39 Å². The second kappa shape index (κ2) is 5.14. The van der Waals surface area contributed by atoms with Gasteiger partial charge >= 0.3 is 0 Å². The topological polar surface area (TPSA) is 44.1 Å². The molecule has 1 unspecified atom stereocenters. The molecule has 1 aromatic heterocycles. The summed E-state index contributed by atoms with van der Waals surface area (Å²) < 4.78 is 20.4. The third-order valence-electron chi connectivity index (χ3n) is 3.65. The molecule has 1 saturated carbocycles. The van der Waals surface area contributed by atoms with E-state index in [1.54, 1.807) is 17.8 Å². The van der Waals surface area contributed by atoms with E-state index >= 15 is 0 Å². The SMILES string of the molecule is Cn1nc(CC=O)c2cc(F)c(OCC3CC3(Cl)Cl)cc21. The number of rotatable bonds is 5. The molecule has 0 saturated heterocycles. The summed E-state index contributed by atoms with van der Waals surface area (Å²) in [4.78, 5) is 10.6. The van der Waals surface area contributed by atoms with Crippen molar-refractivity contribution in [3.05, 3.63) is 23.6 Å². The summed E-state index contributed by atoms with van der Waals surface area (Å²) >= 11 is 11.8. The van der Waals surface area contributed by atoms with Crippen LogP contribution in [0.25, 0.3) is 10.9 Å². The molecule has 1 fully saturated rings. The van der Waals surface area contributed by atoms with Gasteiger partial charge in [0.1, 0.15) is 10.6 Å². The van der Waals surface area contributed by atoms with E-state index in [0.717, 1.165) is 6.29 Å². The van der Waals surface area contributed by atoms with E-state index in [-0.39, 0.29) is 24.7 Å². The molecule has 1 atom stereocenters. The highest BCUT2D eigenvalue weighted by Crippen LogP contribution is 2.53. The number of hydrogen-bond acceptors (Lipinski definition) is 3. The quantitative estimate of drug-likeness (QED) is 0.625. The molecule has 1 aliphatic rings. The molecule has 112 valence electrons. The highest BCUT2D eigenvalue weighted by molar-refractivity contribution is 6.50. The molecular weight excluding hydrogens is 318 g/mol. The third kappa shape index (κ3) is 2.72. The minimum Gasteiger partial charge on any atom is -0.490 e. The van der Waals surface area contributed by atoms with Gasteiger partial charge in [-0.05, 0) is 12.5 Å². The lowest BCUT2D eigenvalue weighted by molar-refractivity contribution is -0.107. The van der Waals surface area contributed by atoms with Gasteiger partial charge in [-0.25, -0.2) is 4.39 Å². The van der Waals surface area contributed by atoms with Crippen molar-refractivity contribution < 1.29 is 13.9 Å². The molecule has 4 nitrogen and oxygen atoms in total. The van der Waals surface area contributed by atoms with Crippen LogP contribution in [0, 0.1) is 11.7 Å². The lowest BCUT2D eigenvalue weighted by Gasteiger charge is -2.08. The summed E-state index contributed by atoms with van der Waals surface area (Å²) in [5.41, 5.74) is 1.26. The van der Waals surface area contributed by atoms with Gasteiger partial charge in [0.05, 0.1) is 17.8 Å². The van der Waals surface area contributed by atoms with Crippen LogP contribution in [0.2, 0.25) is 0 Å². The molecule has 0 radical (unpaired) electrons. The maximum absolute atomic E-state index is 14.1. The van der Waals surface area contributed by atoms with Crippen LogP contribution in [0.5, 0.6) is 5.75 Å². The number of aryl methyl sites for hydroxylation is 1. The summed E-state index contributed by atoms with van der Waals surface area (Å²) in [6, 6.07) is 2.93. The highest BCUT2D eigenvalue weighted by atomic mass is 35.5. The van der Waals surface area contributed by atoms with Crippen LogP contribution in [-0.2, 0) is 18.3 Å². The molecule has 2 aromatic rings. The first kappa shape index (κ1) is 14.6. The fourth-order valence-corrected chi connectivity index (χ4v) is 2.81. The molecule has 0 bridgehead atoms. The van der Waals surface area contributed by atoms with Crippen molar-refractivity contribution in [3.8, 4) is 5.75 Å². The van der Waals surface area contributed by atoms with Crippen LogP contribution in [-0.4, -0.2) is 27.0 Å². The summed E-state index contributed by atoms with van der Waals surface area (Å²) in [5, 5.41) is 4.83. The van der Waals surface area contributed by atoms with Crippen molar-refractivity contribution >= 4 is 40.4 Å². The summed E-state index contributed by atoms with van der Waals surface area (Å²) in [6.07, 6.45) is 1.55. The molecule has 0 aliphatic heterocycles. The van der Waals surface area contributed by atoms with Gasteiger partial charge in [0.25, 0.3) is 0 Å². The third-order valence-corrected chi connectivity index (χ3v) is 4.58. The number of aromatic nitrogens is 2. The molecule has 1 aromatic carbocycles. The molecule has 0 amide bonds. The summed E-state index contributed by atoms with van der Waals surface area (Å²) in [7, 11) is 1.74. The van der Waals surface area contributed by atoms with Gasteiger partial charge in [0.2, 0.25) is 0 Å². The zero-order valence-corrected chi connectivity index (χ0v) is 12.8. The Bertz CT molecular complexity index is 715. The average Bonchev–Trinajstić information content (AvgIpc) is 2.92. The van der Waals surface area contributed by atoms with Crippen LogP contribution in [0.1, 0.15) is 12.1 Å². The van der Waals surface area contributed by atoms with Crippen LogP contribution >= 0.6 is 23.2 Å². The monoisotopic (exact) mass is 330 g/mol. The number of halogens is 3. The Morgan fingerprint density at radius 1 is 1.57 bits per heavy atom. The van der Waals surface area contributed by atoms with Gasteiger partial charge in [-0.15, -0.1) is 23.2 Å². The van der Waals surface area contributed by atoms with Gasteiger partial charge < -0.3 is 9.53 Å². The predicted octanol–water partition coefficient (Wildman–Crippen LogP) is 3.03. The van der Waals surface area contributed by atoms with Crippen LogP contribution in [0.3, 0.4) is 0 Å². The number of benzene rings is 1. The Balaban J connectivity index is 1.88. The fraction of sp³-hybridized carbons (Fsp3) is 0.429. The van der Waals surface area contributed by atoms with Crippen molar-refractivity contribution in [1.29, 1.82) is 0 Å². The standard InChI is InChI=1S/C14H13Cl2FN2O2/c1-19-12-5-13(21-7-8-6-14(8,15)16)10(17)4-9(12)11(18-19)2-3-20/h3-5,8H,2,6-7H2,1H3. The molecule has 0 N–H and O–H groups in total. The molecule has 3 rings (SSSR count). The largest absolute Gasteiger partial charge is 0.490 e. The highest BCUT2D eigenvalue weighted by Gasteiger charge is 2.52. The number of nitrogens with zero attached hydrogens (tertiary/aromatic N) is 2. The Morgan fingerprint density at radius 3 is 2.90 bits per heavy atom. The minimum atomic E-state index is -0.746. The van der Waals surface area contributed by atoms with Crippen molar-refractivity contribution in [3.63, 3.8) is 0 Å². The van der Waals surface area contributed by atoms with E-state index < -0.39 is 10.2 Å². The van der Waals surface area contributed by atoms with E-state index in [1.807, 2.05) is 0 Å². The van der Waals surface area contributed by atoms with Crippen molar-refractivity contribution in [2.75, 3.05) is 6.61 Å². The zero-order valence-electron chi connectivity index (χ0n) is 11.3. The predicted molar refractivity (Wildman–Crippen MR) is 78.5 cm³/mol. The number of hydrogen-bond donors (Lipinski definition) is 0. The van der Waals surface area contributed by atoms with Gasteiger partial charge in [-0.1, -0.05) is 0 Å². The minimum absolute atomic E-state index is 0.0214. The second-order valence-corrected chi connectivity index (χ2v) is 6.76. The maximum Gasteiger partial charge on any atom is 0.165 e. The molecular formula is C14H13Cl2FN2O2. The molecule has 21 heavy (non-hydrogen) atoms. The van der Waals surface area contributed by atoms with E-state index in [9.17, 15) is 9.18 Å². The van der Waals surface area contributed by atoms with Crippen molar-refractivity contribution in [2.24, 2.45) is 13.0 Å². The smallest absolute Gasteiger partial charge is 0.165 e. The number of alkyl halides is 2. The Morgan fingerprint density at radius 2 is 2.29 bits per heavy atom.